The highest BCUT2D eigenvalue weighted by atomic mass is 16.5. The number of hydrogen-bond donors (Lipinski definition) is 0. The maximum absolute atomic E-state index is 5.68. The zero-order chi connectivity index (χ0) is 11.1. The molecule has 3 nitrogen and oxygen atoms in total. The molecule has 0 N–H and O–H groups in total. The van der Waals surface area contributed by atoms with Gasteiger partial charge < -0.3 is 9.64 Å². The van der Waals surface area contributed by atoms with Crippen molar-refractivity contribution >= 4 is 5.82 Å². The van der Waals surface area contributed by atoms with Gasteiger partial charge in [-0.15, -0.1) is 0 Å². The fourth-order valence-corrected chi connectivity index (χ4v) is 2.56. The first kappa shape index (κ1) is 10.1. The zero-order valence-corrected chi connectivity index (χ0v) is 9.89. The van der Waals surface area contributed by atoms with E-state index >= 15 is 0 Å². The topological polar surface area (TPSA) is 25.4 Å². The molecule has 2 bridgehead atoms. The molecule has 2 fully saturated rings. The molecule has 2 aliphatic rings. The smallest absolute Gasteiger partial charge is 0.131 e. The van der Waals surface area contributed by atoms with Gasteiger partial charge in [-0.1, -0.05) is 19.9 Å². The van der Waals surface area contributed by atoms with Crippen molar-refractivity contribution in [1.82, 2.24) is 4.98 Å². The lowest BCUT2D eigenvalue weighted by Gasteiger charge is -2.28. The molecule has 3 rings (SSSR count). The molecule has 16 heavy (non-hydrogen) atoms. The second-order valence-electron chi connectivity index (χ2n) is 5.15. The standard InChI is InChI=1S/C13H18N2O/c1-9(2)11-3-4-12(14-6-11)15-7-10-5-13(15)16-8-10/h3-4,6,9-10,13H,5,7-8H2,1-2H3/t10-,13+/m1/s1. The Morgan fingerprint density at radius 2 is 2.31 bits per heavy atom. The number of nitrogens with zero attached hydrogens (tertiary/aromatic N) is 2. The van der Waals surface area contributed by atoms with E-state index in [9.17, 15) is 0 Å². The maximum Gasteiger partial charge on any atom is 0.131 e. The maximum atomic E-state index is 5.68. The van der Waals surface area contributed by atoms with Gasteiger partial charge in [0.25, 0.3) is 0 Å². The van der Waals surface area contributed by atoms with Crippen LogP contribution < -0.4 is 4.90 Å². The van der Waals surface area contributed by atoms with Crippen LogP contribution in [0.4, 0.5) is 5.82 Å². The molecule has 1 aromatic rings. The Morgan fingerprint density at radius 3 is 2.81 bits per heavy atom. The first-order valence-electron chi connectivity index (χ1n) is 6.08. The Balaban J connectivity index is 1.80. The summed E-state index contributed by atoms with van der Waals surface area (Å²) in [6.07, 6.45) is 3.45. The van der Waals surface area contributed by atoms with E-state index in [-0.39, 0.29) is 6.23 Å². The summed E-state index contributed by atoms with van der Waals surface area (Å²) in [6.45, 7) is 6.43. The number of aromatic nitrogens is 1. The molecule has 1 aromatic heterocycles. The Bertz CT molecular complexity index is 374. The van der Waals surface area contributed by atoms with Gasteiger partial charge in [-0.3, -0.25) is 0 Å². The van der Waals surface area contributed by atoms with Gasteiger partial charge in [0.2, 0.25) is 0 Å². The van der Waals surface area contributed by atoms with Gasteiger partial charge in [-0.25, -0.2) is 4.98 Å². The third-order valence-electron chi connectivity index (χ3n) is 3.59. The largest absolute Gasteiger partial charge is 0.358 e. The third-order valence-corrected chi connectivity index (χ3v) is 3.59. The van der Waals surface area contributed by atoms with Gasteiger partial charge in [0, 0.05) is 18.7 Å². The second kappa shape index (κ2) is 3.74. The van der Waals surface area contributed by atoms with Crippen molar-refractivity contribution in [1.29, 1.82) is 0 Å². The van der Waals surface area contributed by atoms with Gasteiger partial charge in [0.05, 0.1) is 6.61 Å². The molecule has 0 saturated carbocycles. The van der Waals surface area contributed by atoms with Gasteiger partial charge in [0.1, 0.15) is 12.0 Å². The van der Waals surface area contributed by atoms with Crippen molar-refractivity contribution < 1.29 is 4.74 Å². The first-order chi connectivity index (χ1) is 7.74. The third kappa shape index (κ3) is 1.59. The van der Waals surface area contributed by atoms with E-state index in [1.54, 1.807) is 0 Å². The molecule has 2 saturated heterocycles. The Labute approximate surface area is 96.4 Å². The van der Waals surface area contributed by atoms with Crippen LogP contribution in [0.2, 0.25) is 0 Å². The highest BCUT2D eigenvalue weighted by Crippen LogP contribution is 2.34. The highest BCUT2D eigenvalue weighted by Gasteiger charge is 2.39. The Hall–Kier alpha value is -1.09. The fraction of sp³-hybridized carbons (Fsp3) is 0.615. The highest BCUT2D eigenvalue weighted by molar-refractivity contribution is 5.42. The van der Waals surface area contributed by atoms with Crippen LogP contribution in [0.5, 0.6) is 0 Å². The lowest BCUT2D eigenvalue weighted by atomic mass is 10.1. The van der Waals surface area contributed by atoms with E-state index in [1.165, 1.54) is 12.0 Å². The molecule has 3 heterocycles. The molecule has 0 amide bonds. The van der Waals surface area contributed by atoms with Crippen molar-refractivity contribution in [3.05, 3.63) is 23.9 Å². The van der Waals surface area contributed by atoms with E-state index < -0.39 is 0 Å². The van der Waals surface area contributed by atoms with Crippen molar-refractivity contribution in [3.8, 4) is 0 Å². The second-order valence-corrected chi connectivity index (χ2v) is 5.15. The van der Waals surface area contributed by atoms with Gasteiger partial charge in [-0.05, 0) is 24.0 Å². The summed E-state index contributed by atoms with van der Waals surface area (Å²) in [5.41, 5.74) is 1.30. The molecule has 0 radical (unpaired) electrons. The molecular weight excluding hydrogens is 200 g/mol. The molecule has 0 aliphatic carbocycles. The first-order valence-corrected chi connectivity index (χ1v) is 6.08. The molecule has 2 atom stereocenters. The summed E-state index contributed by atoms with van der Waals surface area (Å²) < 4.78 is 5.68. The SMILES string of the molecule is CC(C)c1ccc(N2C[C@@H]3CO[C@H]2C3)nc1. The minimum atomic E-state index is 0.280. The lowest BCUT2D eigenvalue weighted by Crippen LogP contribution is -2.35. The average molecular weight is 218 g/mol. The van der Waals surface area contributed by atoms with Crippen LogP contribution in [0.3, 0.4) is 0 Å². The van der Waals surface area contributed by atoms with Gasteiger partial charge >= 0.3 is 0 Å². The summed E-state index contributed by atoms with van der Waals surface area (Å²) >= 11 is 0. The number of anilines is 1. The molecule has 0 aromatic carbocycles. The van der Waals surface area contributed by atoms with Gasteiger partial charge in [0.15, 0.2) is 0 Å². The van der Waals surface area contributed by atoms with Crippen molar-refractivity contribution in [2.24, 2.45) is 5.92 Å². The number of rotatable bonds is 2. The van der Waals surface area contributed by atoms with E-state index in [2.05, 4.69) is 35.9 Å². The average Bonchev–Trinajstić information content (AvgIpc) is 2.91. The van der Waals surface area contributed by atoms with Crippen molar-refractivity contribution in [3.63, 3.8) is 0 Å². The summed E-state index contributed by atoms with van der Waals surface area (Å²) in [5, 5.41) is 0. The van der Waals surface area contributed by atoms with Crippen LogP contribution in [0.15, 0.2) is 18.3 Å². The fourth-order valence-electron chi connectivity index (χ4n) is 2.56. The predicted octanol–water partition coefficient (Wildman–Crippen LogP) is 2.39. The number of fused-ring (bicyclic) bond motifs is 2. The Morgan fingerprint density at radius 1 is 1.44 bits per heavy atom. The summed E-state index contributed by atoms with van der Waals surface area (Å²) in [4.78, 5) is 6.84. The van der Waals surface area contributed by atoms with E-state index in [1.807, 2.05) is 6.20 Å². The van der Waals surface area contributed by atoms with Crippen LogP contribution in [0.1, 0.15) is 31.7 Å². The summed E-state index contributed by atoms with van der Waals surface area (Å²) in [5.74, 6) is 2.33. The van der Waals surface area contributed by atoms with Crippen LogP contribution in [-0.2, 0) is 4.74 Å². The van der Waals surface area contributed by atoms with Gasteiger partial charge in [-0.2, -0.15) is 0 Å². The van der Waals surface area contributed by atoms with Crippen molar-refractivity contribution in [2.45, 2.75) is 32.4 Å². The number of hydrogen-bond acceptors (Lipinski definition) is 3. The minimum absolute atomic E-state index is 0.280. The minimum Gasteiger partial charge on any atom is -0.358 e. The monoisotopic (exact) mass is 218 g/mol. The Kier molecular flexibility index (Phi) is 2.36. The molecule has 0 spiro atoms. The zero-order valence-electron chi connectivity index (χ0n) is 9.89. The number of ether oxygens (including phenoxy) is 1. The van der Waals surface area contributed by atoms with Crippen LogP contribution in [0, 0.1) is 5.92 Å². The molecule has 2 aliphatic heterocycles. The van der Waals surface area contributed by atoms with E-state index in [0.29, 0.717) is 5.92 Å². The lowest BCUT2D eigenvalue weighted by molar-refractivity contribution is 0.0854. The van der Waals surface area contributed by atoms with E-state index in [4.69, 9.17) is 4.74 Å². The number of pyridine rings is 1. The van der Waals surface area contributed by atoms with Crippen molar-refractivity contribution in [2.75, 3.05) is 18.1 Å². The molecule has 0 unspecified atom stereocenters. The molecular formula is C13H18N2O. The van der Waals surface area contributed by atoms with Crippen LogP contribution >= 0.6 is 0 Å². The summed E-state index contributed by atoms with van der Waals surface area (Å²) in [6, 6.07) is 4.30. The summed E-state index contributed by atoms with van der Waals surface area (Å²) in [7, 11) is 0. The van der Waals surface area contributed by atoms with Crippen LogP contribution in [-0.4, -0.2) is 24.4 Å². The van der Waals surface area contributed by atoms with Crippen LogP contribution in [0.25, 0.3) is 0 Å². The normalized spacial score (nSPS) is 28.1. The quantitative estimate of drug-likeness (QED) is 0.762. The molecule has 86 valence electrons. The molecule has 3 heteroatoms. The predicted molar refractivity (Wildman–Crippen MR) is 63.5 cm³/mol. The van der Waals surface area contributed by atoms with E-state index in [0.717, 1.165) is 24.9 Å².